The van der Waals surface area contributed by atoms with E-state index in [1.807, 2.05) is 55.5 Å². The third kappa shape index (κ3) is 5.07. The second-order valence-corrected chi connectivity index (χ2v) is 9.82. The Labute approximate surface area is 225 Å². The van der Waals surface area contributed by atoms with Crippen molar-refractivity contribution in [2.24, 2.45) is 5.92 Å². The maximum Gasteiger partial charge on any atom is 0.336 e. The smallest absolute Gasteiger partial charge is 0.336 e. The number of para-hydroxylation sites is 1. The average molecular weight is 568 g/mol. The van der Waals surface area contributed by atoms with Crippen molar-refractivity contribution >= 4 is 33.7 Å². The van der Waals surface area contributed by atoms with Gasteiger partial charge in [-0.25, -0.2) is 4.79 Å². The Morgan fingerprint density at radius 1 is 1.03 bits per heavy atom. The molecule has 4 rings (SSSR count). The third-order valence-corrected chi connectivity index (χ3v) is 7.33. The molecule has 2 aromatic rings. The first kappa shape index (κ1) is 26.7. The van der Waals surface area contributed by atoms with Crippen molar-refractivity contribution in [3.63, 3.8) is 0 Å². The number of carbonyl (C=O) groups is 3. The molecule has 2 aromatic carbocycles. The van der Waals surface area contributed by atoms with Gasteiger partial charge in [-0.15, -0.1) is 0 Å². The van der Waals surface area contributed by atoms with E-state index in [-0.39, 0.29) is 19.0 Å². The number of hydrogen-bond acceptors (Lipinski definition) is 7. The Balaban J connectivity index is 1.91. The van der Waals surface area contributed by atoms with E-state index < -0.39 is 29.7 Å². The Morgan fingerprint density at radius 2 is 1.70 bits per heavy atom. The predicted molar refractivity (Wildman–Crippen MR) is 142 cm³/mol. The Morgan fingerprint density at radius 3 is 2.35 bits per heavy atom. The molecule has 1 aliphatic heterocycles. The number of Topliss-reactive ketones (excluding diaryl/α,β-unsaturated/α-hetero) is 1. The number of carbonyl (C=O) groups excluding carboxylic acids is 3. The van der Waals surface area contributed by atoms with Crippen molar-refractivity contribution in [3.8, 4) is 5.75 Å². The number of dihydropyridines is 1. The van der Waals surface area contributed by atoms with Crippen LogP contribution in [0.2, 0.25) is 0 Å². The Bertz CT molecular complexity index is 1280. The van der Waals surface area contributed by atoms with E-state index in [9.17, 15) is 14.4 Å². The number of esters is 2. The molecule has 0 saturated heterocycles. The second-order valence-electron chi connectivity index (χ2n) is 8.91. The first-order valence-corrected chi connectivity index (χ1v) is 13.1. The molecule has 1 N–H and O–H groups in total. The van der Waals surface area contributed by atoms with Crippen LogP contribution in [-0.2, 0) is 23.9 Å². The highest BCUT2D eigenvalue weighted by molar-refractivity contribution is 9.10. The van der Waals surface area contributed by atoms with E-state index in [1.54, 1.807) is 21.0 Å². The number of halogens is 1. The van der Waals surface area contributed by atoms with Crippen LogP contribution in [0.25, 0.3) is 0 Å². The number of ether oxygens (including phenoxy) is 3. The topological polar surface area (TPSA) is 90.9 Å². The summed E-state index contributed by atoms with van der Waals surface area (Å²) in [5, 5.41) is 3.31. The van der Waals surface area contributed by atoms with Gasteiger partial charge in [-0.2, -0.15) is 0 Å². The second kappa shape index (κ2) is 11.3. The summed E-state index contributed by atoms with van der Waals surface area (Å²) in [6, 6.07) is 14.9. The van der Waals surface area contributed by atoms with Gasteiger partial charge in [0.05, 0.1) is 25.9 Å². The molecular weight excluding hydrogens is 538 g/mol. The van der Waals surface area contributed by atoms with Crippen LogP contribution >= 0.6 is 15.9 Å². The summed E-state index contributed by atoms with van der Waals surface area (Å²) in [4.78, 5) is 40.8. The summed E-state index contributed by atoms with van der Waals surface area (Å²) in [7, 11) is 1.56. The van der Waals surface area contributed by atoms with Crippen LogP contribution in [0.3, 0.4) is 0 Å². The van der Waals surface area contributed by atoms with Crippen molar-refractivity contribution in [2.45, 2.75) is 39.0 Å². The van der Waals surface area contributed by atoms with Crippen LogP contribution in [0.1, 0.15) is 50.2 Å². The van der Waals surface area contributed by atoms with Crippen molar-refractivity contribution in [1.82, 2.24) is 5.32 Å². The van der Waals surface area contributed by atoms with E-state index in [1.165, 1.54) is 0 Å². The van der Waals surface area contributed by atoms with Gasteiger partial charge in [0.15, 0.2) is 5.78 Å². The average Bonchev–Trinajstić information content (AvgIpc) is 2.88. The lowest BCUT2D eigenvalue weighted by Crippen LogP contribution is -2.43. The van der Waals surface area contributed by atoms with Crippen molar-refractivity contribution in [3.05, 3.63) is 86.7 Å². The maximum absolute atomic E-state index is 14.3. The molecule has 7 nitrogen and oxygen atoms in total. The van der Waals surface area contributed by atoms with Gasteiger partial charge in [0.2, 0.25) is 0 Å². The zero-order valence-corrected chi connectivity index (χ0v) is 22.9. The molecule has 194 valence electrons. The molecule has 3 atom stereocenters. The SMILES string of the molecule is CCOC(=O)C1=C(C)NC2=C(C(=O)[C@@H](C(=O)OCC)[C@@H](c3ccccc3OC)C2)[C@@H]1c1ccc(Br)cc1. The number of methoxy groups -OCH3 is 1. The summed E-state index contributed by atoms with van der Waals surface area (Å²) in [5.41, 5.74) is 3.55. The number of allylic oxidation sites excluding steroid dienone is 3. The fraction of sp³-hybridized carbons (Fsp3) is 0.345. The Hall–Kier alpha value is -3.39. The van der Waals surface area contributed by atoms with E-state index in [4.69, 9.17) is 14.2 Å². The molecule has 2 aliphatic rings. The normalized spacial score (nSPS) is 21.2. The number of benzene rings is 2. The lowest BCUT2D eigenvalue weighted by atomic mass is 9.67. The summed E-state index contributed by atoms with van der Waals surface area (Å²) >= 11 is 3.46. The number of ketones is 1. The molecule has 8 heteroatoms. The van der Waals surface area contributed by atoms with Crippen LogP contribution in [0.15, 0.2) is 75.5 Å². The quantitative estimate of drug-likeness (QED) is 0.364. The minimum atomic E-state index is -1.09. The lowest BCUT2D eigenvalue weighted by molar-refractivity contribution is -0.152. The zero-order chi connectivity index (χ0) is 26.7. The molecule has 1 heterocycles. The van der Waals surface area contributed by atoms with Crippen molar-refractivity contribution in [1.29, 1.82) is 0 Å². The van der Waals surface area contributed by atoms with Gasteiger partial charge in [0, 0.05) is 33.3 Å². The van der Waals surface area contributed by atoms with Crippen LogP contribution < -0.4 is 10.1 Å². The minimum Gasteiger partial charge on any atom is -0.496 e. The van der Waals surface area contributed by atoms with Crippen LogP contribution in [0.4, 0.5) is 0 Å². The highest BCUT2D eigenvalue weighted by Gasteiger charge is 2.49. The number of rotatable bonds is 7. The van der Waals surface area contributed by atoms with Gasteiger partial charge in [0.25, 0.3) is 0 Å². The third-order valence-electron chi connectivity index (χ3n) is 6.80. The van der Waals surface area contributed by atoms with Gasteiger partial charge in [0.1, 0.15) is 11.7 Å². The molecular formula is C29H30BrNO6. The fourth-order valence-electron chi connectivity index (χ4n) is 5.27. The first-order valence-electron chi connectivity index (χ1n) is 12.3. The monoisotopic (exact) mass is 567 g/mol. The molecule has 0 bridgehead atoms. The van der Waals surface area contributed by atoms with E-state index >= 15 is 0 Å². The minimum absolute atomic E-state index is 0.147. The fourth-order valence-corrected chi connectivity index (χ4v) is 5.53. The van der Waals surface area contributed by atoms with Gasteiger partial charge < -0.3 is 19.5 Å². The zero-order valence-electron chi connectivity index (χ0n) is 21.3. The summed E-state index contributed by atoms with van der Waals surface area (Å²) in [6.45, 7) is 5.61. The molecule has 1 aliphatic carbocycles. The molecule has 0 spiro atoms. The number of hydrogen-bond donors (Lipinski definition) is 1. The van der Waals surface area contributed by atoms with Crippen LogP contribution in [0, 0.1) is 5.92 Å². The van der Waals surface area contributed by atoms with E-state index in [0.29, 0.717) is 34.7 Å². The van der Waals surface area contributed by atoms with Gasteiger partial charge >= 0.3 is 11.9 Å². The molecule has 37 heavy (non-hydrogen) atoms. The molecule has 0 unspecified atom stereocenters. The first-order chi connectivity index (χ1) is 17.8. The highest BCUT2D eigenvalue weighted by Crippen LogP contribution is 2.49. The molecule has 0 radical (unpaired) electrons. The van der Waals surface area contributed by atoms with Crippen molar-refractivity contribution < 1.29 is 28.6 Å². The predicted octanol–water partition coefficient (Wildman–Crippen LogP) is 5.17. The summed E-state index contributed by atoms with van der Waals surface area (Å²) in [6.07, 6.45) is 0.366. The largest absolute Gasteiger partial charge is 0.496 e. The molecule has 0 aromatic heterocycles. The van der Waals surface area contributed by atoms with Gasteiger partial charge in [-0.05, 0) is 56.5 Å². The van der Waals surface area contributed by atoms with E-state index in [0.717, 1.165) is 15.6 Å². The molecule has 0 amide bonds. The van der Waals surface area contributed by atoms with Gasteiger partial charge in [-0.3, -0.25) is 9.59 Å². The van der Waals surface area contributed by atoms with Crippen molar-refractivity contribution in [2.75, 3.05) is 20.3 Å². The standard InChI is InChI=1S/C29H30BrNO6/c1-5-36-28(33)23-16(3)31-21-15-20(19-9-7-8-10-22(19)35-4)25(29(34)37-6-2)27(32)26(21)24(23)17-11-13-18(30)14-12-17/h7-14,20,24-25,31H,5-6,15H2,1-4H3/t20-,24-,25+/m1/s1. The van der Waals surface area contributed by atoms with Gasteiger partial charge in [-0.1, -0.05) is 46.3 Å². The highest BCUT2D eigenvalue weighted by atomic mass is 79.9. The lowest BCUT2D eigenvalue weighted by Gasteiger charge is -2.39. The summed E-state index contributed by atoms with van der Waals surface area (Å²) < 4.78 is 17.2. The van der Waals surface area contributed by atoms with Crippen LogP contribution in [-0.4, -0.2) is 38.0 Å². The number of nitrogens with one attached hydrogen (secondary N) is 1. The maximum atomic E-state index is 14.3. The molecule has 0 saturated carbocycles. The molecule has 0 fully saturated rings. The van der Waals surface area contributed by atoms with E-state index in [2.05, 4.69) is 21.2 Å². The Kier molecular flexibility index (Phi) is 8.17. The van der Waals surface area contributed by atoms with Crippen LogP contribution in [0.5, 0.6) is 5.75 Å². The summed E-state index contributed by atoms with van der Waals surface area (Å²) in [5.74, 6) is -3.14.